The van der Waals surface area contributed by atoms with Crippen LogP contribution in [0, 0.1) is 11.8 Å². The highest BCUT2D eigenvalue weighted by atomic mass is 16.2. The lowest BCUT2D eigenvalue weighted by Crippen LogP contribution is -2.05. The molecule has 0 saturated carbocycles. The van der Waals surface area contributed by atoms with E-state index in [2.05, 4.69) is 22.5 Å². The van der Waals surface area contributed by atoms with E-state index in [1.54, 1.807) is 6.08 Å². The Labute approximate surface area is 141 Å². The van der Waals surface area contributed by atoms with E-state index in [1.807, 2.05) is 54.6 Å². The lowest BCUT2D eigenvalue weighted by molar-refractivity contribution is -0.115. The molecule has 24 heavy (non-hydrogen) atoms. The van der Waals surface area contributed by atoms with E-state index in [9.17, 15) is 9.59 Å². The Hall–Kier alpha value is -3.32. The van der Waals surface area contributed by atoms with Gasteiger partial charge in [0.05, 0.1) is 0 Å². The Kier molecular flexibility index (Phi) is 5.93. The van der Waals surface area contributed by atoms with Gasteiger partial charge in [0.2, 0.25) is 11.8 Å². The van der Waals surface area contributed by atoms with Crippen LogP contribution in [0.25, 0.3) is 6.08 Å². The van der Waals surface area contributed by atoms with Crippen LogP contribution in [-0.4, -0.2) is 11.8 Å². The van der Waals surface area contributed by atoms with Gasteiger partial charge in [-0.3, -0.25) is 9.59 Å². The number of allylic oxidation sites excluding steroid dienone is 1. The largest absolute Gasteiger partial charge is 0.326 e. The molecule has 0 heterocycles. The molecule has 0 aliphatic rings. The van der Waals surface area contributed by atoms with Crippen LogP contribution in [0.4, 0.5) is 11.4 Å². The summed E-state index contributed by atoms with van der Waals surface area (Å²) in [5.74, 6) is 5.76. The highest BCUT2D eigenvalue weighted by molar-refractivity contribution is 5.89. The molecule has 2 aromatic carbocycles. The third kappa shape index (κ3) is 5.82. The molecule has 2 amide bonds. The molecular weight excluding hydrogens is 300 g/mol. The maximum absolute atomic E-state index is 11.1. The molecule has 2 rings (SSSR count). The molecule has 0 spiro atoms. The molecule has 0 fully saturated rings. The van der Waals surface area contributed by atoms with Gasteiger partial charge in [-0.1, -0.05) is 30.0 Å². The maximum Gasteiger partial charge on any atom is 0.221 e. The van der Waals surface area contributed by atoms with Crippen molar-refractivity contribution in [3.05, 3.63) is 65.7 Å². The molecule has 0 aliphatic carbocycles. The second-order valence-electron chi connectivity index (χ2n) is 5.17. The minimum Gasteiger partial charge on any atom is -0.326 e. The summed E-state index contributed by atoms with van der Waals surface area (Å²) in [6, 6.07) is 14.9. The van der Waals surface area contributed by atoms with Gasteiger partial charge < -0.3 is 10.6 Å². The number of rotatable bonds is 3. The second kappa shape index (κ2) is 8.35. The van der Waals surface area contributed by atoms with Gasteiger partial charge in [0.25, 0.3) is 0 Å². The lowest BCUT2D eigenvalue weighted by atomic mass is 10.1. The number of nitrogens with one attached hydrogen (secondary N) is 2. The van der Waals surface area contributed by atoms with Crippen LogP contribution in [0.1, 0.15) is 25.0 Å². The fraction of sp³-hybridized carbons (Fsp3) is 0.100. The van der Waals surface area contributed by atoms with E-state index in [0.29, 0.717) is 0 Å². The predicted molar refractivity (Wildman–Crippen MR) is 97.4 cm³/mol. The topological polar surface area (TPSA) is 58.2 Å². The lowest BCUT2D eigenvalue weighted by Gasteiger charge is -2.02. The Morgan fingerprint density at radius 1 is 0.917 bits per heavy atom. The summed E-state index contributed by atoms with van der Waals surface area (Å²) >= 11 is 0. The van der Waals surface area contributed by atoms with Gasteiger partial charge >= 0.3 is 0 Å². The Bertz CT molecular complexity index is 842. The van der Waals surface area contributed by atoms with Crippen molar-refractivity contribution < 1.29 is 9.59 Å². The summed E-state index contributed by atoms with van der Waals surface area (Å²) in [4.78, 5) is 22.1. The quantitative estimate of drug-likeness (QED) is 0.848. The van der Waals surface area contributed by atoms with Crippen molar-refractivity contribution in [1.82, 2.24) is 0 Å². The van der Waals surface area contributed by atoms with Gasteiger partial charge in [-0.25, -0.2) is 0 Å². The average molecular weight is 318 g/mol. The molecule has 0 aromatic heterocycles. The molecule has 4 heteroatoms. The minimum atomic E-state index is -0.112. The SMILES string of the molecule is CC(=O)Nc1cccc(C#CC=Cc2cccc(NC(C)=O)c2)c1. The first-order valence-electron chi connectivity index (χ1n) is 7.46. The van der Waals surface area contributed by atoms with Crippen molar-refractivity contribution >= 4 is 29.3 Å². The molecule has 120 valence electrons. The maximum atomic E-state index is 11.1. The first-order valence-corrected chi connectivity index (χ1v) is 7.46. The highest BCUT2D eigenvalue weighted by Crippen LogP contribution is 2.12. The van der Waals surface area contributed by atoms with Crippen LogP contribution in [0.5, 0.6) is 0 Å². The Morgan fingerprint density at radius 3 is 2.21 bits per heavy atom. The van der Waals surface area contributed by atoms with Gasteiger partial charge in [0, 0.05) is 30.8 Å². The van der Waals surface area contributed by atoms with E-state index in [0.717, 1.165) is 22.5 Å². The molecule has 2 N–H and O–H groups in total. The van der Waals surface area contributed by atoms with Crippen LogP contribution in [0.3, 0.4) is 0 Å². The van der Waals surface area contributed by atoms with Crippen LogP contribution in [0.15, 0.2) is 54.6 Å². The molecule has 0 atom stereocenters. The number of amides is 2. The number of benzene rings is 2. The van der Waals surface area contributed by atoms with Crippen molar-refractivity contribution in [2.24, 2.45) is 0 Å². The van der Waals surface area contributed by atoms with Gasteiger partial charge in [-0.2, -0.15) is 0 Å². The molecule has 2 aromatic rings. The summed E-state index contributed by atoms with van der Waals surface area (Å²) in [7, 11) is 0. The van der Waals surface area contributed by atoms with E-state index in [1.165, 1.54) is 13.8 Å². The van der Waals surface area contributed by atoms with Gasteiger partial charge in [-0.05, 0) is 48.0 Å². The number of carbonyl (C=O) groups excluding carboxylic acids is 2. The van der Waals surface area contributed by atoms with Crippen LogP contribution in [0.2, 0.25) is 0 Å². The zero-order chi connectivity index (χ0) is 17.4. The first-order chi connectivity index (χ1) is 11.5. The standard InChI is InChI=1S/C20H18N2O2/c1-15(23)21-19-11-5-9-17(13-19)7-3-4-8-18-10-6-12-20(14-18)22-16(2)24/h3,5-7,9-14H,1-2H3,(H,21,23)(H,22,24). The van der Waals surface area contributed by atoms with Crippen LogP contribution in [-0.2, 0) is 9.59 Å². The molecule has 0 unspecified atom stereocenters. The smallest absolute Gasteiger partial charge is 0.221 e. The second-order valence-corrected chi connectivity index (χ2v) is 5.17. The minimum absolute atomic E-state index is 0.102. The fourth-order valence-electron chi connectivity index (χ4n) is 2.06. The van der Waals surface area contributed by atoms with E-state index in [4.69, 9.17) is 0 Å². The van der Waals surface area contributed by atoms with Crippen LogP contribution < -0.4 is 10.6 Å². The molecule has 0 radical (unpaired) electrons. The normalized spacial score (nSPS) is 9.92. The fourth-order valence-corrected chi connectivity index (χ4v) is 2.06. The van der Waals surface area contributed by atoms with Crippen molar-refractivity contribution in [3.63, 3.8) is 0 Å². The van der Waals surface area contributed by atoms with Gasteiger partial charge in [0.15, 0.2) is 0 Å². The van der Waals surface area contributed by atoms with Crippen molar-refractivity contribution in [2.45, 2.75) is 13.8 Å². The summed E-state index contributed by atoms with van der Waals surface area (Å²) in [6.45, 7) is 2.94. The monoisotopic (exact) mass is 318 g/mol. The van der Waals surface area contributed by atoms with E-state index in [-0.39, 0.29) is 11.8 Å². The number of hydrogen-bond donors (Lipinski definition) is 2. The zero-order valence-corrected chi connectivity index (χ0v) is 13.6. The summed E-state index contributed by atoms with van der Waals surface area (Å²) < 4.78 is 0. The summed E-state index contributed by atoms with van der Waals surface area (Å²) in [5, 5.41) is 5.46. The first kappa shape index (κ1) is 17.0. The predicted octanol–water partition coefficient (Wildman–Crippen LogP) is 3.67. The molecular formula is C20H18N2O2. The number of hydrogen-bond acceptors (Lipinski definition) is 2. The van der Waals surface area contributed by atoms with E-state index >= 15 is 0 Å². The Morgan fingerprint density at radius 2 is 1.54 bits per heavy atom. The highest BCUT2D eigenvalue weighted by Gasteiger charge is 1.96. The summed E-state index contributed by atoms with van der Waals surface area (Å²) in [6.07, 6.45) is 3.62. The molecule has 4 nitrogen and oxygen atoms in total. The molecule has 0 aliphatic heterocycles. The third-order valence-corrected chi connectivity index (χ3v) is 2.97. The zero-order valence-electron chi connectivity index (χ0n) is 13.6. The molecule has 0 bridgehead atoms. The average Bonchev–Trinajstić information content (AvgIpc) is 2.51. The molecule has 0 saturated heterocycles. The Balaban J connectivity index is 2.06. The summed E-state index contributed by atoms with van der Waals surface area (Å²) in [5.41, 5.74) is 3.24. The van der Waals surface area contributed by atoms with Crippen molar-refractivity contribution in [2.75, 3.05) is 10.6 Å². The van der Waals surface area contributed by atoms with Gasteiger partial charge in [0.1, 0.15) is 0 Å². The van der Waals surface area contributed by atoms with Crippen molar-refractivity contribution in [1.29, 1.82) is 0 Å². The van der Waals surface area contributed by atoms with Crippen LogP contribution >= 0.6 is 0 Å². The van der Waals surface area contributed by atoms with E-state index < -0.39 is 0 Å². The van der Waals surface area contributed by atoms with Crippen molar-refractivity contribution in [3.8, 4) is 11.8 Å². The number of anilines is 2. The van der Waals surface area contributed by atoms with Gasteiger partial charge in [-0.15, -0.1) is 0 Å². The third-order valence-electron chi connectivity index (χ3n) is 2.97. The number of carbonyl (C=O) groups is 2.